The summed E-state index contributed by atoms with van der Waals surface area (Å²) in [6.07, 6.45) is 2.93. The van der Waals surface area contributed by atoms with Gasteiger partial charge in [0.2, 0.25) is 17.7 Å². The third-order valence-corrected chi connectivity index (χ3v) is 4.18. The predicted octanol–water partition coefficient (Wildman–Crippen LogP) is 1.23. The van der Waals surface area contributed by atoms with Crippen molar-refractivity contribution in [3.8, 4) is 10.4 Å². The fraction of sp³-hybridized carbons (Fsp3) is 0.118. The maximum absolute atomic E-state index is 12.1. The molecule has 2 aromatic rings. The van der Waals surface area contributed by atoms with Gasteiger partial charge in [0.1, 0.15) is 13.1 Å². The summed E-state index contributed by atoms with van der Waals surface area (Å²) in [6.45, 7) is -0.711. The van der Waals surface area contributed by atoms with Crippen LogP contribution in [0, 0.1) is 0 Å². The van der Waals surface area contributed by atoms with Gasteiger partial charge in [0, 0.05) is 15.8 Å². The lowest BCUT2D eigenvalue weighted by molar-refractivity contribution is -0.134. The van der Waals surface area contributed by atoms with Gasteiger partial charge in [-0.1, -0.05) is 30.3 Å². The average molecular weight is 343 g/mol. The summed E-state index contributed by atoms with van der Waals surface area (Å²) in [4.78, 5) is 37.0. The lowest BCUT2D eigenvalue weighted by Crippen LogP contribution is -2.42. The van der Waals surface area contributed by atoms with E-state index in [9.17, 15) is 14.4 Å². The normalized spacial score (nSPS) is 10.7. The van der Waals surface area contributed by atoms with Crippen molar-refractivity contribution >= 4 is 35.1 Å². The quantitative estimate of drug-likeness (QED) is 0.738. The first-order valence-electron chi connectivity index (χ1n) is 7.14. The minimum absolute atomic E-state index is 0.355. The number of nitrogens with two attached hydrogens (primary N) is 2. The fourth-order valence-electron chi connectivity index (χ4n) is 2.05. The summed E-state index contributed by atoms with van der Waals surface area (Å²) in [5, 5.41) is 0. The van der Waals surface area contributed by atoms with Gasteiger partial charge in [-0.25, -0.2) is 0 Å². The van der Waals surface area contributed by atoms with E-state index in [1.54, 1.807) is 6.08 Å². The molecule has 0 radical (unpaired) electrons. The molecule has 0 spiro atoms. The maximum Gasteiger partial charge on any atom is 0.247 e. The minimum atomic E-state index is -0.708. The van der Waals surface area contributed by atoms with Crippen LogP contribution in [0.25, 0.3) is 16.5 Å². The second kappa shape index (κ2) is 8.07. The van der Waals surface area contributed by atoms with Crippen LogP contribution in [0.4, 0.5) is 0 Å². The van der Waals surface area contributed by atoms with E-state index in [0.717, 1.165) is 20.2 Å². The van der Waals surface area contributed by atoms with Gasteiger partial charge >= 0.3 is 0 Å². The highest BCUT2D eigenvalue weighted by molar-refractivity contribution is 7.16. The Morgan fingerprint density at radius 3 is 2.17 bits per heavy atom. The summed E-state index contributed by atoms with van der Waals surface area (Å²) in [5.74, 6) is -1.91. The molecule has 0 fully saturated rings. The van der Waals surface area contributed by atoms with Crippen LogP contribution in [0.1, 0.15) is 4.88 Å². The molecule has 24 heavy (non-hydrogen) atoms. The molecule has 0 aliphatic carbocycles. The number of benzene rings is 1. The molecule has 6 nitrogen and oxygen atoms in total. The van der Waals surface area contributed by atoms with E-state index < -0.39 is 17.7 Å². The Kier molecular flexibility index (Phi) is 5.86. The fourth-order valence-corrected chi connectivity index (χ4v) is 2.96. The Balaban J connectivity index is 2.08. The molecular weight excluding hydrogens is 326 g/mol. The highest BCUT2D eigenvalue weighted by atomic mass is 32.1. The number of primary amides is 2. The molecule has 1 heterocycles. The van der Waals surface area contributed by atoms with Crippen LogP contribution in [-0.2, 0) is 14.4 Å². The molecule has 3 amide bonds. The van der Waals surface area contributed by atoms with Gasteiger partial charge in [-0.15, -0.1) is 11.3 Å². The number of carbonyl (C=O) groups excluding carboxylic acids is 3. The second-order valence-corrected chi connectivity index (χ2v) is 6.14. The van der Waals surface area contributed by atoms with E-state index >= 15 is 0 Å². The van der Waals surface area contributed by atoms with Gasteiger partial charge in [0.25, 0.3) is 0 Å². The molecule has 2 rings (SSSR count). The van der Waals surface area contributed by atoms with Crippen molar-refractivity contribution < 1.29 is 14.4 Å². The second-order valence-electron chi connectivity index (χ2n) is 5.03. The first kappa shape index (κ1) is 17.4. The highest BCUT2D eigenvalue weighted by Crippen LogP contribution is 2.28. The van der Waals surface area contributed by atoms with Crippen LogP contribution >= 0.6 is 11.3 Å². The molecule has 0 saturated carbocycles. The molecule has 0 aliphatic heterocycles. The van der Waals surface area contributed by atoms with Crippen molar-refractivity contribution in [3.63, 3.8) is 0 Å². The standard InChI is InChI=1S/C17H17N3O3S/c18-15(21)10-20(11-16(19)22)17(23)9-7-13-6-8-14(24-13)12-4-2-1-3-5-12/h1-9H,10-11H2,(H2,18,21)(H2,19,22)/b9-7+. The Bertz CT molecular complexity index is 752. The Morgan fingerprint density at radius 1 is 0.958 bits per heavy atom. The largest absolute Gasteiger partial charge is 0.368 e. The summed E-state index contributed by atoms with van der Waals surface area (Å²) in [6, 6.07) is 13.7. The van der Waals surface area contributed by atoms with Gasteiger partial charge in [-0.3, -0.25) is 14.4 Å². The third kappa shape index (κ3) is 5.06. The van der Waals surface area contributed by atoms with E-state index in [-0.39, 0.29) is 13.1 Å². The zero-order valence-corrected chi connectivity index (χ0v) is 13.7. The lowest BCUT2D eigenvalue weighted by Gasteiger charge is -2.17. The zero-order valence-electron chi connectivity index (χ0n) is 12.8. The van der Waals surface area contributed by atoms with Crippen molar-refractivity contribution in [2.45, 2.75) is 0 Å². The molecule has 0 atom stereocenters. The molecule has 1 aromatic carbocycles. The molecule has 0 unspecified atom stereocenters. The van der Waals surface area contributed by atoms with Gasteiger partial charge in [-0.05, 0) is 23.8 Å². The summed E-state index contributed by atoms with van der Waals surface area (Å²) in [5.41, 5.74) is 11.2. The maximum atomic E-state index is 12.1. The van der Waals surface area contributed by atoms with Crippen molar-refractivity contribution in [2.24, 2.45) is 11.5 Å². The number of thiophene rings is 1. The number of nitrogens with zero attached hydrogens (tertiary/aromatic N) is 1. The summed E-state index contributed by atoms with van der Waals surface area (Å²) in [7, 11) is 0. The Labute approximate surface area is 143 Å². The topological polar surface area (TPSA) is 106 Å². The van der Waals surface area contributed by atoms with E-state index in [1.807, 2.05) is 42.5 Å². The number of rotatable bonds is 7. The minimum Gasteiger partial charge on any atom is -0.368 e. The first-order chi connectivity index (χ1) is 11.5. The highest BCUT2D eigenvalue weighted by Gasteiger charge is 2.15. The number of carbonyl (C=O) groups is 3. The molecular formula is C17H17N3O3S. The van der Waals surface area contributed by atoms with Crippen LogP contribution in [-0.4, -0.2) is 35.7 Å². The lowest BCUT2D eigenvalue weighted by atomic mass is 10.2. The van der Waals surface area contributed by atoms with Gasteiger partial charge in [0.15, 0.2) is 0 Å². The van der Waals surface area contributed by atoms with E-state index in [0.29, 0.717) is 0 Å². The monoisotopic (exact) mass is 343 g/mol. The van der Waals surface area contributed by atoms with Crippen LogP contribution in [0.3, 0.4) is 0 Å². The zero-order chi connectivity index (χ0) is 17.5. The smallest absolute Gasteiger partial charge is 0.247 e. The Morgan fingerprint density at radius 2 is 1.58 bits per heavy atom. The van der Waals surface area contributed by atoms with Crippen LogP contribution in [0.2, 0.25) is 0 Å². The predicted molar refractivity (Wildman–Crippen MR) is 93.8 cm³/mol. The van der Waals surface area contributed by atoms with Gasteiger partial charge < -0.3 is 16.4 Å². The molecule has 0 saturated heterocycles. The van der Waals surface area contributed by atoms with E-state index in [4.69, 9.17) is 11.5 Å². The SMILES string of the molecule is NC(=O)CN(CC(N)=O)C(=O)/C=C/c1ccc(-c2ccccc2)s1. The first-order valence-corrected chi connectivity index (χ1v) is 7.96. The van der Waals surface area contributed by atoms with E-state index in [1.165, 1.54) is 17.4 Å². The van der Waals surface area contributed by atoms with Crippen molar-refractivity contribution in [1.29, 1.82) is 0 Å². The van der Waals surface area contributed by atoms with Gasteiger partial charge in [-0.2, -0.15) is 0 Å². The molecule has 124 valence electrons. The number of amides is 3. The molecule has 4 N–H and O–H groups in total. The van der Waals surface area contributed by atoms with E-state index in [2.05, 4.69) is 0 Å². The Hall–Kier alpha value is -2.93. The molecule has 0 bridgehead atoms. The summed E-state index contributed by atoms with van der Waals surface area (Å²) >= 11 is 1.53. The van der Waals surface area contributed by atoms with Crippen molar-refractivity contribution in [2.75, 3.05) is 13.1 Å². The van der Waals surface area contributed by atoms with Crippen molar-refractivity contribution in [1.82, 2.24) is 4.90 Å². The molecule has 0 aliphatic rings. The van der Waals surface area contributed by atoms with Gasteiger partial charge in [0.05, 0.1) is 0 Å². The van der Waals surface area contributed by atoms with Crippen molar-refractivity contribution in [3.05, 3.63) is 53.4 Å². The molecule has 1 aromatic heterocycles. The van der Waals surface area contributed by atoms with Crippen LogP contribution < -0.4 is 11.5 Å². The molecule has 7 heteroatoms. The summed E-state index contributed by atoms with van der Waals surface area (Å²) < 4.78 is 0. The van der Waals surface area contributed by atoms with Crippen LogP contribution in [0.15, 0.2) is 48.5 Å². The third-order valence-electron chi connectivity index (χ3n) is 3.08. The number of hydrogen-bond acceptors (Lipinski definition) is 4. The van der Waals surface area contributed by atoms with Crippen LogP contribution in [0.5, 0.6) is 0 Å². The number of hydrogen-bond donors (Lipinski definition) is 2. The average Bonchev–Trinajstić information content (AvgIpc) is 3.01.